The van der Waals surface area contributed by atoms with Crippen molar-refractivity contribution >= 4 is 0 Å². The van der Waals surface area contributed by atoms with Gasteiger partial charge in [-0.15, -0.1) is 0 Å². The number of halogens is 2. The molecule has 0 amide bonds. The third-order valence-corrected chi connectivity index (χ3v) is 4.48. The second-order valence-corrected chi connectivity index (χ2v) is 5.88. The van der Waals surface area contributed by atoms with Gasteiger partial charge in [0.05, 0.1) is 5.60 Å². The second kappa shape index (κ2) is 7.32. The van der Waals surface area contributed by atoms with Gasteiger partial charge in [0.1, 0.15) is 11.6 Å². The molecule has 0 aliphatic heterocycles. The zero-order chi connectivity index (χ0) is 15.3. The highest BCUT2D eigenvalue weighted by Gasteiger charge is 2.39. The Balaban J connectivity index is 2.19. The number of hydrogen-bond donors (Lipinski definition) is 1. The van der Waals surface area contributed by atoms with Crippen molar-refractivity contribution in [2.24, 2.45) is 0 Å². The number of benzene rings is 1. The third kappa shape index (κ3) is 4.01. The summed E-state index contributed by atoms with van der Waals surface area (Å²) in [5.41, 5.74) is 0.460. The molecule has 4 heteroatoms. The molecule has 0 heterocycles. The van der Waals surface area contributed by atoms with Crippen molar-refractivity contribution < 1.29 is 13.5 Å². The van der Waals surface area contributed by atoms with E-state index in [1.807, 2.05) is 14.0 Å². The summed E-state index contributed by atoms with van der Waals surface area (Å²) >= 11 is 0. The van der Waals surface area contributed by atoms with Crippen molar-refractivity contribution in [2.75, 3.05) is 13.7 Å². The van der Waals surface area contributed by atoms with E-state index in [-0.39, 0.29) is 11.6 Å². The minimum atomic E-state index is -0.519. The van der Waals surface area contributed by atoms with Crippen LogP contribution in [-0.2, 0) is 11.2 Å². The first-order chi connectivity index (χ1) is 10.1. The molecule has 0 bridgehead atoms. The van der Waals surface area contributed by atoms with Gasteiger partial charge >= 0.3 is 0 Å². The second-order valence-electron chi connectivity index (χ2n) is 5.88. The van der Waals surface area contributed by atoms with Gasteiger partial charge in [0.15, 0.2) is 0 Å². The number of nitrogens with one attached hydrogen (secondary N) is 1. The Labute approximate surface area is 125 Å². The first-order valence-corrected chi connectivity index (χ1v) is 7.86. The van der Waals surface area contributed by atoms with Crippen molar-refractivity contribution in [2.45, 2.75) is 57.1 Å². The van der Waals surface area contributed by atoms with Crippen LogP contribution in [0.2, 0.25) is 0 Å². The molecule has 1 aromatic carbocycles. The molecule has 0 spiro atoms. The van der Waals surface area contributed by atoms with E-state index in [1.165, 1.54) is 18.6 Å². The third-order valence-electron chi connectivity index (χ3n) is 4.48. The van der Waals surface area contributed by atoms with Crippen LogP contribution < -0.4 is 5.32 Å². The van der Waals surface area contributed by atoms with Gasteiger partial charge in [-0.2, -0.15) is 0 Å². The van der Waals surface area contributed by atoms with E-state index in [9.17, 15) is 8.78 Å². The number of rotatable bonds is 6. The molecule has 2 nitrogen and oxygen atoms in total. The summed E-state index contributed by atoms with van der Waals surface area (Å²) in [4.78, 5) is 0. The van der Waals surface area contributed by atoms with Crippen molar-refractivity contribution in [3.63, 3.8) is 0 Å². The fourth-order valence-electron chi connectivity index (χ4n) is 3.55. The lowest BCUT2D eigenvalue weighted by molar-refractivity contribution is -0.0883. The van der Waals surface area contributed by atoms with E-state index in [1.54, 1.807) is 0 Å². The predicted molar refractivity (Wildman–Crippen MR) is 80.4 cm³/mol. The Morgan fingerprint density at radius 1 is 1.14 bits per heavy atom. The van der Waals surface area contributed by atoms with Gasteiger partial charge in [0.25, 0.3) is 0 Å². The van der Waals surface area contributed by atoms with E-state index in [2.05, 4.69) is 5.32 Å². The molecule has 1 aliphatic rings. The zero-order valence-electron chi connectivity index (χ0n) is 12.9. The van der Waals surface area contributed by atoms with Gasteiger partial charge in [-0.05, 0) is 50.9 Å². The molecule has 1 saturated carbocycles. The highest BCUT2D eigenvalue weighted by atomic mass is 19.1. The van der Waals surface area contributed by atoms with Crippen LogP contribution in [-0.4, -0.2) is 25.3 Å². The minimum Gasteiger partial charge on any atom is -0.374 e. The number of ether oxygens (including phenoxy) is 1. The van der Waals surface area contributed by atoms with Gasteiger partial charge < -0.3 is 10.1 Å². The maximum atomic E-state index is 13.4. The topological polar surface area (TPSA) is 21.3 Å². The molecule has 0 aromatic heterocycles. The van der Waals surface area contributed by atoms with Crippen molar-refractivity contribution in [1.82, 2.24) is 5.32 Å². The summed E-state index contributed by atoms with van der Waals surface area (Å²) in [6.45, 7) is 2.67. The summed E-state index contributed by atoms with van der Waals surface area (Å²) in [7, 11) is 1.90. The molecule has 1 N–H and O–H groups in total. The maximum absolute atomic E-state index is 13.4. The van der Waals surface area contributed by atoms with E-state index in [4.69, 9.17) is 4.74 Å². The van der Waals surface area contributed by atoms with E-state index < -0.39 is 11.6 Å². The highest BCUT2D eigenvalue weighted by molar-refractivity contribution is 5.20. The average molecular weight is 297 g/mol. The smallest absolute Gasteiger partial charge is 0.126 e. The lowest BCUT2D eigenvalue weighted by Gasteiger charge is -2.43. The SMILES string of the molecule is CCOC1(C(Cc2cc(F)cc(F)c2)NC)CCCCC1. The maximum Gasteiger partial charge on any atom is 0.126 e. The van der Waals surface area contributed by atoms with Gasteiger partial charge in [-0.25, -0.2) is 8.78 Å². The molecule has 21 heavy (non-hydrogen) atoms. The lowest BCUT2D eigenvalue weighted by atomic mass is 9.77. The molecular formula is C17H25F2NO. The fraction of sp³-hybridized carbons (Fsp3) is 0.647. The number of likely N-dealkylation sites (N-methyl/N-ethyl adjacent to an activating group) is 1. The molecule has 1 aromatic rings. The summed E-state index contributed by atoms with van der Waals surface area (Å²) < 4.78 is 32.9. The summed E-state index contributed by atoms with van der Waals surface area (Å²) in [5, 5.41) is 3.31. The van der Waals surface area contributed by atoms with Gasteiger partial charge in [-0.3, -0.25) is 0 Å². The molecule has 0 saturated heterocycles. The van der Waals surface area contributed by atoms with Crippen LogP contribution in [0, 0.1) is 11.6 Å². The quantitative estimate of drug-likeness (QED) is 0.861. The largest absolute Gasteiger partial charge is 0.374 e. The Hall–Kier alpha value is -1.00. The highest BCUT2D eigenvalue weighted by Crippen LogP contribution is 2.36. The van der Waals surface area contributed by atoms with Crippen LogP contribution in [0.5, 0.6) is 0 Å². The van der Waals surface area contributed by atoms with Crippen LogP contribution in [0.15, 0.2) is 18.2 Å². The molecule has 2 rings (SSSR count). The molecule has 1 fully saturated rings. The van der Waals surface area contributed by atoms with Crippen LogP contribution in [0.3, 0.4) is 0 Å². The monoisotopic (exact) mass is 297 g/mol. The van der Waals surface area contributed by atoms with Crippen LogP contribution in [0.25, 0.3) is 0 Å². The van der Waals surface area contributed by atoms with Crippen LogP contribution >= 0.6 is 0 Å². The van der Waals surface area contributed by atoms with Gasteiger partial charge in [-0.1, -0.05) is 19.3 Å². The molecule has 1 unspecified atom stereocenters. The summed E-state index contributed by atoms with van der Waals surface area (Å²) in [6.07, 6.45) is 6.12. The first kappa shape index (κ1) is 16.4. The Morgan fingerprint density at radius 2 is 1.76 bits per heavy atom. The fourth-order valence-corrected chi connectivity index (χ4v) is 3.55. The van der Waals surface area contributed by atoms with E-state index in [0.29, 0.717) is 18.6 Å². The predicted octanol–water partition coefficient (Wildman–Crippen LogP) is 3.83. The van der Waals surface area contributed by atoms with Gasteiger partial charge in [0, 0.05) is 18.7 Å². The van der Waals surface area contributed by atoms with Crippen molar-refractivity contribution in [1.29, 1.82) is 0 Å². The van der Waals surface area contributed by atoms with Crippen LogP contribution in [0.1, 0.15) is 44.6 Å². The molecule has 0 radical (unpaired) electrons. The molecular weight excluding hydrogens is 272 g/mol. The lowest BCUT2D eigenvalue weighted by Crippen LogP contribution is -2.53. The van der Waals surface area contributed by atoms with E-state index >= 15 is 0 Å². The van der Waals surface area contributed by atoms with Crippen molar-refractivity contribution in [3.8, 4) is 0 Å². The molecule has 1 atom stereocenters. The summed E-state index contributed by atoms with van der Waals surface area (Å²) in [6, 6.07) is 3.81. The number of hydrogen-bond acceptors (Lipinski definition) is 2. The Bertz CT molecular complexity index is 432. The molecule has 118 valence electrons. The Kier molecular flexibility index (Phi) is 5.71. The standard InChI is InChI=1S/C17H25F2NO/c1-3-21-17(7-5-4-6-8-17)16(20-2)11-13-9-14(18)12-15(19)10-13/h9-10,12,16,20H,3-8,11H2,1-2H3. The normalized spacial score (nSPS) is 19.4. The van der Waals surface area contributed by atoms with Crippen molar-refractivity contribution in [3.05, 3.63) is 35.4 Å². The minimum absolute atomic E-state index is 0.0685. The first-order valence-electron chi connectivity index (χ1n) is 7.86. The van der Waals surface area contributed by atoms with Crippen LogP contribution in [0.4, 0.5) is 8.78 Å². The van der Waals surface area contributed by atoms with E-state index in [0.717, 1.165) is 31.7 Å². The summed E-state index contributed by atoms with van der Waals surface area (Å²) in [5.74, 6) is -1.04. The Morgan fingerprint density at radius 3 is 2.29 bits per heavy atom. The molecule has 1 aliphatic carbocycles. The average Bonchev–Trinajstić information content (AvgIpc) is 2.45. The van der Waals surface area contributed by atoms with Gasteiger partial charge in [0.2, 0.25) is 0 Å². The zero-order valence-corrected chi connectivity index (χ0v) is 12.9.